The molecule has 0 unspecified atom stereocenters. The maximum atomic E-state index is 6.39. The van der Waals surface area contributed by atoms with E-state index < -0.39 is 7.32 Å². The van der Waals surface area contributed by atoms with E-state index in [0.29, 0.717) is 17.2 Å². The summed E-state index contributed by atoms with van der Waals surface area (Å²) in [6.07, 6.45) is 2.39. The number of nitrogens with two attached hydrogens (primary N) is 1. The normalized spacial score (nSPS) is 10.6. The van der Waals surface area contributed by atoms with Crippen LogP contribution in [0.1, 0.15) is 19.8 Å². The van der Waals surface area contributed by atoms with Gasteiger partial charge in [0.25, 0.3) is 0 Å². The standard InChI is InChI=1S/C30H21BO3.C4H11N/c1-4-16-25-22(10-1)13-7-19-28(25)32-31(33-29-20-8-14-23-11-2-5-17-26(23)29)34-30-21-9-15-24-12-3-6-18-27(24)30;1-2-3-4-5/h1-21H;2-5H2,1H3. The average Bonchev–Trinajstić information content (AvgIpc) is 2.98. The summed E-state index contributed by atoms with van der Waals surface area (Å²) in [4.78, 5) is 0. The van der Waals surface area contributed by atoms with Crippen molar-refractivity contribution in [2.24, 2.45) is 5.73 Å². The van der Waals surface area contributed by atoms with Crippen molar-refractivity contribution in [3.8, 4) is 17.2 Å². The maximum absolute atomic E-state index is 6.39. The summed E-state index contributed by atoms with van der Waals surface area (Å²) in [5, 5.41) is 6.27. The number of benzene rings is 6. The van der Waals surface area contributed by atoms with Gasteiger partial charge in [-0.25, -0.2) is 0 Å². The quantitative estimate of drug-likeness (QED) is 0.208. The van der Waals surface area contributed by atoms with E-state index in [4.69, 9.17) is 19.7 Å². The highest BCUT2D eigenvalue weighted by atomic mass is 16.7. The van der Waals surface area contributed by atoms with Gasteiger partial charge in [-0.15, -0.1) is 0 Å². The Morgan fingerprint density at radius 3 is 1.13 bits per heavy atom. The van der Waals surface area contributed by atoms with Crippen molar-refractivity contribution in [3.05, 3.63) is 127 Å². The molecule has 4 nitrogen and oxygen atoms in total. The fourth-order valence-corrected chi connectivity index (χ4v) is 4.48. The van der Waals surface area contributed by atoms with Crippen LogP contribution in [0.4, 0.5) is 0 Å². The molecule has 6 aromatic rings. The fourth-order valence-electron chi connectivity index (χ4n) is 4.48. The van der Waals surface area contributed by atoms with Gasteiger partial charge < -0.3 is 19.7 Å². The molecule has 0 radical (unpaired) electrons. The molecule has 0 amide bonds. The smallest absolute Gasteiger partial charge is 0.489 e. The highest BCUT2D eigenvalue weighted by Gasteiger charge is 2.32. The van der Waals surface area contributed by atoms with Crippen molar-refractivity contribution in [3.63, 3.8) is 0 Å². The van der Waals surface area contributed by atoms with Gasteiger partial charge in [0.05, 0.1) is 0 Å². The minimum Gasteiger partial charge on any atom is -0.489 e. The summed E-state index contributed by atoms with van der Waals surface area (Å²) in [5.41, 5.74) is 5.14. The van der Waals surface area contributed by atoms with Gasteiger partial charge in [0.15, 0.2) is 0 Å². The van der Waals surface area contributed by atoms with Crippen LogP contribution in [0.5, 0.6) is 17.2 Å². The fraction of sp³-hybridized carbons (Fsp3) is 0.118. The molecule has 0 atom stereocenters. The first kappa shape index (κ1) is 26.1. The molecular weight excluding hydrogens is 481 g/mol. The molecule has 6 rings (SSSR count). The van der Waals surface area contributed by atoms with Gasteiger partial charge in [0, 0.05) is 16.2 Å². The minimum atomic E-state index is -0.998. The molecule has 0 fully saturated rings. The van der Waals surface area contributed by atoms with Gasteiger partial charge in [0.2, 0.25) is 0 Å². The molecule has 39 heavy (non-hydrogen) atoms. The van der Waals surface area contributed by atoms with Crippen LogP contribution in [0.2, 0.25) is 0 Å². The molecule has 5 heteroatoms. The molecule has 2 N–H and O–H groups in total. The molecule has 6 aromatic carbocycles. The largest absolute Gasteiger partial charge is 0.864 e. The van der Waals surface area contributed by atoms with Gasteiger partial charge in [-0.1, -0.05) is 123 Å². The van der Waals surface area contributed by atoms with Gasteiger partial charge in [-0.05, 0) is 47.3 Å². The average molecular weight is 513 g/mol. The maximum Gasteiger partial charge on any atom is 0.864 e. The number of unbranched alkanes of at least 4 members (excludes halogenated alkanes) is 1. The molecule has 0 saturated carbocycles. The SMILES string of the molecule is CCCCN.c1ccc2c(OB(Oc3cccc4ccccc34)Oc3cccc4ccccc34)cccc2c1. The molecular formula is C34H32BNO3. The molecule has 0 aliphatic heterocycles. The topological polar surface area (TPSA) is 53.7 Å². The van der Waals surface area contributed by atoms with Crippen LogP contribution >= 0.6 is 0 Å². The molecule has 0 aliphatic carbocycles. The summed E-state index contributed by atoms with van der Waals surface area (Å²) in [6, 6.07) is 42.3. The van der Waals surface area contributed by atoms with Gasteiger partial charge in [-0.2, -0.15) is 0 Å². The summed E-state index contributed by atoms with van der Waals surface area (Å²) in [6.45, 7) is 2.98. The van der Waals surface area contributed by atoms with Crippen LogP contribution in [-0.2, 0) is 0 Å². The Balaban J connectivity index is 0.000000567. The number of hydrogen-bond donors (Lipinski definition) is 1. The van der Waals surface area contributed by atoms with Crippen LogP contribution in [0.25, 0.3) is 32.3 Å². The van der Waals surface area contributed by atoms with Crippen LogP contribution in [0.15, 0.2) is 127 Å². The second kappa shape index (κ2) is 12.9. The summed E-state index contributed by atoms with van der Waals surface area (Å²) < 4.78 is 19.2. The van der Waals surface area contributed by atoms with E-state index in [1.807, 2.05) is 91.0 Å². The molecule has 0 aromatic heterocycles. The lowest BCUT2D eigenvalue weighted by Crippen LogP contribution is -2.37. The van der Waals surface area contributed by atoms with Crippen LogP contribution in [-0.4, -0.2) is 13.9 Å². The predicted octanol–water partition coefficient (Wildman–Crippen LogP) is 8.41. The van der Waals surface area contributed by atoms with E-state index >= 15 is 0 Å². The number of rotatable bonds is 8. The van der Waals surface area contributed by atoms with E-state index in [1.165, 1.54) is 12.8 Å². The zero-order chi connectivity index (χ0) is 26.9. The first-order chi connectivity index (χ1) is 19.3. The lowest BCUT2D eigenvalue weighted by atomic mass is 10.1. The van der Waals surface area contributed by atoms with Crippen LogP contribution < -0.4 is 19.7 Å². The second-order valence-electron chi connectivity index (χ2n) is 9.22. The first-order valence-electron chi connectivity index (χ1n) is 13.4. The Morgan fingerprint density at radius 1 is 0.487 bits per heavy atom. The Bertz CT molecular complexity index is 1460. The van der Waals surface area contributed by atoms with Crippen molar-refractivity contribution in [1.82, 2.24) is 0 Å². The van der Waals surface area contributed by atoms with E-state index in [1.54, 1.807) is 0 Å². The molecule has 0 heterocycles. The third-order valence-electron chi connectivity index (χ3n) is 6.48. The lowest BCUT2D eigenvalue weighted by Gasteiger charge is -2.19. The number of hydrogen-bond acceptors (Lipinski definition) is 4. The van der Waals surface area contributed by atoms with E-state index in [2.05, 4.69) is 43.3 Å². The molecule has 0 saturated heterocycles. The predicted molar refractivity (Wildman–Crippen MR) is 163 cm³/mol. The van der Waals surface area contributed by atoms with E-state index in [-0.39, 0.29) is 0 Å². The monoisotopic (exact) mass is 513 g/mol. The van der Waals surface area contributed by atoms with Crippen molar-refractivity contribution in [2.45, 2.75) is 19.8 Å². The van der Waals surface area contributed by atoms with Crippen molar-refractivity contribution < 1.29 is 14.0 Å². The highest BCUT2D eigenvalue weighted by Crippen LogP contribution is 2.31. The minimum absolute atomic E-state index is 0.698. The van der Waals surface area contributed by atoms with Crippen molar-refractivity contribution in [1.29, 1.82) is 0 Å². The van der Waals surface area contributed by atoms with Crippen LogP contribution in [0, 0.1) is 0 Å². The molecule has 0 bridgehead atoms. The van der Waals surface area contributed by atoms with Crippen molar-refractivity contribution in [2.75, 3.05) is 6.54 Å². The second-order valence-corrected chi connectivity index (χ2v) is 9.22. The highest BCUT2D eigenvalue weighted by molar-refractivity contribution is 6.40. The summed E-state index contributed by atoms with van der Waals surface area (Å²) in [5.74, 6) is 2.09. The Labute approximate surface area is 230 Å². The van der Waals surface area contributed by atoms with E-state index in [0.717, 1.165) is 38.9 Å². The van der Waals surface area contributed by atoms with Gasteiger partial charge >= 0.3 is 7.32 Å². The Kier molecular flexibility index (Phi) is 8.62. The van der Waals surface area contributed by atoms with Gasteiger partial charge in [0.1, 0.15) is 17.2 Å². The third-order valence-corrected chi connectivity index (χ3v) is 6.48. The Morgan fingerprint density at radius 2 is 0.821 bits per heavy atom. The van der Waals surface area contributed by atoms with Crippen LogP contribution in [0.3, 0.4) is 0 Å². The molecule has 0 spiro atoms. The lowest BCUT2D eigenvalue weighted by molar-refractivity contribution is 0.312. The molecule has 194 valence electrons. The molecule has 0 aliphatic rings. The zero-order valence-electron chi connectivity index (χ0n) is 22.1. The van der Waals surface area contributed by atoms with E-state index in [9.17, 15) is 0 Å². The first-order valence-corrected chi connectivity index (χ1v) is 13.4. The summed E-state index contributed by atoms with van der Waals surface area (Å²) in [7, 11) is -0.998. The zero-order valence-corrected chi connectivity index (χ0v) is 22.1. The Hall–Kier alpha value is -4.48. The van der Waals surface area contributed by atoms with Crippen molar-refractivity contribution >= 4 is 39.6 Å². The third kappa shape index (κ3) is 6.33. The number of fused-ring (bicyclic) bond motifs is 3. The summed E-state index contributed by atoms with van der Waals surface area (Å²) >= 11 is 0. The van der Waals surface area contributed by atoms with Gasteiger partial charge in [-0.3, -0.25) is 0 Å².